The standard InChI is InChI=1S/C18H22N2O3S.ClH/c1-22-12-3-4-14-13(9-12)15-11-5-6-20(10-11)17(16(15)19-14)18(21)23-7-8-24-2;/h3-4,9,11,17,19H,5-8,10H2,1-2H3;1H. The average molecular weight is 383 g/mol. The van der Waals surface area contributed by atoms with Crippen molar-refractivity contribution in [2.24, 2.45) is 0 Å². The van der Waals surface area contributed by atoms with Crippen molar-refractivity contribution < 1.29 is 14.3 Å². The molecule has 5 nitrogen and oxygen atoms in total. The third-order valence-electron chi connectivity index (χ3n) is 5.10. The molecule has 1 aromatic heterocycles. The van der Waals surface area contributed by atoms with Crippen molar-refractivity contribution in [2.45, 2.75) is 18.4 Å². The van der Waals surface area contributed by atoms with Crippen molar-refractivity contribution >= 4 is 41.0 Å². The fourth-order valence-corrected chi connectivity index (χ4v) is 4.26. The highest BCUT2D eigenvalue weighted by Gasteiger charge is 2.44. The van der Waals surface area contributed by atoms with Gasteiger partial charge in [0.05, 0.1) is 7.11 Å². The largest absolute Gasteiger partial charge is 0.497 e. The number of methoxy groups -OCH3 is 1. The van der Waals surface area contributed by atoms with Crippen LogP contribution in [0.5, 0.6) is 5.75 Å². The Morgan fingerprint density at radius 1 is 1.44 bits per heavy atom. The number of aromatic amines is 1. The summed E-state index contributed by atoms with van der Waals surface area (Å²) in [4.78, 5) is 18.4. The number of aromatic nitrogens is 1. The molecule has 136 valence electrons. The third kappa shape index (κ3) is 3.11. The molecule has 1 fully saturated rings. The molecule has 3 atom stereocenters. The van der Waals surface area contributed by atoms with Gasteiger partial charge in [-0.1, -0.05) is 0 Å². The molecule has 0 aliphatic carbocycles. The number of carbonyl (C=O) groups excluding carboxylic acids is 1. The normalized spacial score (nSPS) is 23.8. The number of hydrogen-bond acceptors (Lipinski definition) is 5. The van der Waals surface area contributed by atoms with Gasteiger partial charge in [-0.2, -0.15) is 11.8 Å². The Kier molecular flexibility index (Phi) is 5.51. The number of H-pyrrole nitrogens is 1. The van der Waals surface area contributed by atoms with Gasteiger partial charge in [-0.25, -0.2) is 4.79 Å². The molecule has 3 heterocycles. The van der Waals surface area contributed by atoms with E-state index in [-0.39, 0.29) is 24.4 Å². The molecule has 7 heteroatoms. The molecule has 1 saturated heterocycles. The van der Waals surface area contributed by atoms with Crippen LogP contribution in [0.3, 0.4) is 0 Å². The zero-order valence-corrected chi connectivity index (χ0v) is 16.0. The molecule has 0 amide bonds. The zero-order valence-electron chi connectivity index (χ0n) is 14.4. The van der Waals surface area contributed by atoms with Gasteiger partial charge in [0, 0.05) is 34.8 Å². The van der Waals surface area contributed by atoms with Crippen LogP contribution < -0.4 is 4.74 Å². The first-order valence-electron chi connectivity index (χ1n) is 8.32. The van der Waals surface area contributed by atoms with Gasteiger partial charge in [0.15, 0.2) is 0 Å². The molecule has 0 radical (unpaired) electrons. The summed E-state index contributed by atoms with van der Waals surface area (Å²) in [7, 11) is 1.68. The first-order chi connectivity index (χ1) is 11.7. The summed E-state index contributed by atoms with van der Waals surface area (Å²) in [5, 5.41) is 1.18. The zero-order chi connectivity index (χ0) is 16.7. The molecule has 4 rings (SSSR count). The summed E-state index contributed by atoms with van der Waals surface area (Å²) in [5.41, 5.74) is 3.36. The van der Waals surface area contributed by atoms with Gasteiger partial charge in [-0.05, 0) is 43.0 Å². The summed E-state index contributed by atoms with van der Waals surface area (Å²) in [6, 6.07) is 5.76. The molecule has 2 bridgehead atoms. The Bertz CT molecular complexity index is 779. The van der Waals surface area contributed by atoms with E-state index in [0.717, 1.165) is 42.2 Å². The van der Waals surface area contributed by atoms with Gasteiger partial charge in [-0.15, -0.1) is 12.4 Å². The molecule has 1 aromatic carbocycles. The molecule has 3 unspecified atom stereocenters. The van der Waals surface area contributed by atoms with E-state index in [1.807, 2.05) is 18.4 Å². The Morgan fingerprint density at radius 3 is 3.04 bits per heavy atom. The minimum atomic E-state index is -0.306. The maximum Gasteiger partial charge on any atom is 0.329 e. The smallest absolute Gasteiger partial charge is 0.329 e. The summed E-state index contributed by atoms with van der Waals surface area (Å²) >= 11 is 1.69. The first-order valence-corrected chi connectivity index (χ1v) is 9.71. The van der Waals surface area contributed by atoms with Crippen LogP contribution in [-0.4, -0.2) is 54.7 Å². The van der Waals surface area contributed by atoms with Crippen molar-refractivity contribution in [1.29, 1.82) is 0 Å². The molecule has 0 spiro atoms. The summed E-state index contributed by atoms with van der Waals surface area (Å²) in [6.45, 7) is 2.34. The number of nitrogens with zero attached hydrogens (tertiary/aromatic N) is 1. The van der Waals surface area contributed by atoms with Gasteiger partial charge in [0.1, 0.15) is 18.4 Å². The third-order valence-corrected chi connectivity index (χ3v) is 5.67. The first kappa shape index (κ1) is 18.4. The van der Waals surface area contributed by atoms with Gasteiger partial charge < -0.3 is 14.5 Å². The number of thioether (sulfide) groups is 1. The molecular formula is C18H23ClN2O3S. The van der Waals surface area contributed by atoms with Gasteiger partial charge in [-0.3, -0.25) is 4.90 Å². The van der Waals surface area contributed by atoms with Gasteiger partial charge in [0.25, 0.3) is 0 Å². The van der Waals surface area contributed by atoms with Crippen LogP contribution in [0.15, 0.2) is 18.2 Å². The van der Waals surface area contributed by atoms with Crippen LogP contribution in [0.1, 0.15) is 29.6 Å². The van der Waals surface area contributed by atoms with E-state index < -0.39 is 0 Å². The van der Waals surface area contributed by atoms with Crippen LogP contribution in [0.4, 0.5) is 0 Å². The van der Waals surface area contributed by atoms with Crippen molar-refractivity contribution in [2.75, 3.05) is 38.8 Å². The van der Waals surface area contributed by atoms with Gasteiger partial charge in [0.2, 0.25) is 0 Å². The summed E-state index contributed by atoms with van der Waals surface area (Å²) in [6.07, 6.45) is 3.11. The number of ether oxygens (including phenoxy) is 2. The second-order valence-corrected chi connectivity index (χ2v) is 7.39. The fourth-order valence-electron chi connectivity index (χ4n) is 4.01. The quantitative estimate of drug-likeness (QED) is 0.634. The number of carbonyl (C=O) groups is 1. The Hall–Kier alpha value is -1.37. The summed E-state index contributed by atoms with van der Waals surface area (Å²) in [5.74, 6) is 2.03. The van der Waals surface area contributed by atoms with Crippen LogP contribution in [0, 0.1) is 0 Å². The highest BCUT2D eigenvalue weighted by molar-refractivity contribution is 7.98. The van der Waals surface area contributed by atoms with Crippen molar-refractivity contribution in [3.8, 4) is 5.75 Å². The number of hydrogen-bond donors (Lipinski definition) is 1. The predicted octanol–water partition coefficient (Wildman–Crippen LogP) is 3.35. The molecule has 2 aliphatic rings. The maximum absolute atomic E-state index is 12.7. The maximum atomic E-state index is 12.7. The van der Waals surface area contributed by atoms with E-state index in [4.69, 9.17) is 9.47 Å². The van der Waals surface area contributed by atoms with Gasteiger partial charge >= 0.3 is 5.97 Å². The molecule has 0 saturated carbocycles. The predicted molar refractivity (Wildman–Crippen MR) is 103 cm³/mol. The lowest BCUT2D eigenvalue weighted by Crippen LogP contribution is -2.37. The number of nitrogens with one attached hydrogen (secondary N) is 1. The molecule has 2 aliphatic heterocycles. The van der Waals surface area contributed by atoms with E-state index in [9.17, 15) is 4.79 Å². The molecule has 25 heavy (non-hydrogen) atoms. The number of fused-ring (bicyclic) bond motifs is 6. The highest BCUT2D eigenvalue weighted by Crippen LogP contribution is 2.46. The minimum Gasteiger partial charge on any atom is -0.497 e. The van der Waals surface area contributed by atoms with Crippen molar-refractivity contribution in [3.05, 3.63) is 29.5 Å². The van der Waals surface area contributed by atoms with E-state index in [2.05, 4.69) is 16.0 Å². The Morgan fingerprint density at radius 2 is 2.28 bits per heavy atom. The Balaban J connectivity index is 0.00000182. The number of benzene rings is 1. The number of esters is 1. The number of rotatable bonds is 5. The second kappa shape index (κ2) is 7.48. The molecular weight excluding hydrogens is 360 g/mol. The van der Waals surface area contributed by atoms with Crippen LogP contribution in [-0.2, 0) is 9.53 Å². The van der Waals surface area contributed by atoms with Crippen molar-refractivity contribution in [3.63, 3.8) is 0 Å². The minimum absolute atomic E-state index is 0. The fraction of sp³-hybridized carbons (Fsp3) is 0.500. The lowest BCUT2D eigenvalue weighted by molar-refractivity contribution is -0.149. The highest BCUT2D eigenvalue weighted by atomic mass is 35.5. The average Bonchev–Trinajstić information content (AvgIpc) is 3.17. The summed E-state index contributed by atoms with van der Waals surface area (Å²) < 4.78 is 10.9. The number of halogens is 1. The molecule has 1 N–H and O–H groups in total. The Labute approximate surface area is 157 Å². The van der Waals surface area contributed by atoms with Crippen LogP contribution in [0.2, 0.25) is 0 Å². The second-order valence-electron chi connectivity index (χ2n) is 6.41. The lowest BCUT2D eigenvalue weighted by Gasteiger charge is -2.30. The van der Waals surface area contributed by atoms with Crippen LogP contribution in [0.25, 0.3) is 10.9 Å². The van der Waals surface area contributed by atoms with E-state index in [1.165, 1.54) is 10.9 Å². The topological polar surface area (TPSA) is 54.6 Å². The SMILES string of the molecule is COc1ccc2[nH]c3c(c2c1)C1CCN(C1)C3C(=O)OCCSC.Cl. The molecule has 2 aromatic rings. The van der Waals surface area contributed by atoms with Crippen LogP contribution >= 0.6 is 24.2 Å². The van der Waals surface area contributed by atoms with Crippen molar-refractivity contribution in [1.82, 2.24) is 9.88 Å². The monoisotopic (exact) mass is 382 g/mol. The lowest BCUT2D eigenvalue weighted by atomic mass is 9.90. The van der Waals surface area contributed by atoms with E-state index in [1.54, 1.807) is 18.9 Å². The van der Waals surface area contributed by atoms with E-state index >= 15 is 0 Å². The van der Waals surface area contributed by atoms with E-state index in [0.29, 0.717) is 12.5 Å².